The van der Waals surface area contributed by atoms with Crippen molar-refractivity contribution < 1.29 is 9.21 Å². The molecule has 124 valence electrons. The van der Waals surface area contributed by atoms with Crippen LogP contribution in [-0.2, 0) is 11.3 Å². The first-order chi connectivity index (χ1) is 11.0. The van der Waals surface area contributed by atoms with Gasteiger partial charge in [0.15, 0.2) is 0 Å². The molecule has 0 unspecified atom stereocenters. The average Bonchev–Trinajstić information content (AvgIpc) is 2.97. The molecule has 0 fully saturated rings. The minimum atomic E-state index is 0.0864. The second-order valence-electron chi connectivity index (χ2n) is 5.22. The highest BCUT2D eigenvalue weighted by Crippen LogP contribution is 2.26. The molecule has 0 saturated carbocycles. The number of carbonyl (C=O) groups excluding carboxylic acids is 1. The summed E-state index contributed by atoms with van der Waals surface area (Å²) < 4.78 is 5.64. The Labute approximate surface area is 141 Å². The van der Waals surface area contributed by atoms with E-state index in [1.54, 1.807) is 11.0 Å². The number of nitrogens with zero attached hydrogens (tertiary/aromatic N) is 4. The van der Waals surface area contributed by atoms with Gasteiger partial charge in [-0.05, 0) is 33.0 Å². The van der Waals surface area contributed by atoms with Gasteiger partial charge in [-0.15, -0.1) is 10.2 Å². The van der Waals surface area contributed by atoms with Gasteiger partial charge in [0.05, 0.1) is 23.7 Å². The number of likely N-dealkylation sites (N-methyl/N-ethyl adjacent to an activating group) is 2. The van der Waals surface area contributed by atoms with Crippen LogP contribution in [0.1, 0.15) is 19.7 Å². The molecule has 2 rings (SSSR count). The molecule has 1 aromatic carbocycles. The first-order valence-corrected chi connectivity index (χ1v) is 7.96. The van der Waals surface area contributed by atoms with Crippen LogP contribution in [0.5, 0.6) is 0 Å². The van der Waals surface area contributed by atoms with Crippen LogP contribution in [-0.4, -0.2) is 52.6 Å². The fraction of sp³-hybridized carbons (Fsp3) is 0.438. The number of benzene rings is 1. The van der Waals surface area contributed by atoms with Crippen LogP contribution in [0.3, 0.4) is 0 Å². The monoisotopic (exact) mass is 336 g/mol. The third-order valence-electron chi connectivity index (χ3n) is 3.50. The van der Waals surface area contributed by atoms with E-state index in [-0.39, 0.29) is 5.91 Å². The molecule has 0 atom stereocenters. The molecule has 7 heteroatoms. The molecule has 0 bridgehead atoms. The highest BCUT2D eigenvalue weighted by Gasteiger charge is 2.16. The molecule has 0 aliphatic carbocycles. The molecule has 0 spiro atoms. The zero-order valence-corrected chi connectivity index (χ0v) is 14.4. The lowest BCUT2D eigenvalue weighted by molar-refractivity contribution is -0.131. The van der Waals surface area contributed by atoms with Crippen molar-refractivity contribution in [3.05, 3.63) is 35.2 Å². The van der Waals surface area contributed by atoms with Crippen LogP contribution in [0.25, 0.3) is 11.5 Å². The van der Waals surface area contributed by atoms with Gasteiger partial charge < -0.3 is 9.32 Å². The summed E-state index contributed by atoms with van der Waals surface area (Å²) in [7, 11) is 1.85. The van der Waals surface area contributed by atoms with Crippen LogP contribution in [0.4, 0.5) is 0 Å². The quantitative estimate of drug-likeness (QED) is 0.778. The maximum Gasteiger partial charge on any atom is 0.249 e. The van der Waals surface area contributed by atoms with Gasteiger partial charge in [0.2, 0.25) is 17.7 Å². The van der Waals surface area contributed by atoms with E-state index in [0.29, 0.717) is 48.5 Å². The predicted octanol–water partition coefficient (Wildman–Crippen LogP) is 2.69. The van der Waals surface area contributed by atoms with E-state index < -0.39 is 0 Å². The molecule has 1 amide bonds. The SMILES string of the molecule is CCN(CC)C(=O)CN(C)Cc1nnc(-c2ccccc2Cl)o1. The van der Waals surface area contributed by atoms with E-state index in [1.807, 2.05) is 44.0 Å². The Bertz CT molecular complexity index is 655. The minimum Gasteiger partial charge on any atom is -0.419 e. The third kappa shape index (κ3) is 4.53. The van der Waals surface area contributed by atoms with Crippen LogP contribution < -0.4 is 0 Å². The van der Waals surface area contributed by atoms with Gasteiger partial charge in [-0.25, -0.2) is 0 Å². The van der Waals surface area contributed by atoms with Crippen molar-refractivity contribution in [1.82, 2.24) is 20.0 Å². The Hall–Kier alpha value is -1.92. The van der Waals surface area contributed by atoms with Crippen molar-refractivity contribution in [3.63, 3.8) is 0 Å². The second-order valence-corrected chi connectivity index (χ2v) is 5.63. The molecule has 2 aromatic rings. The van der Waals surface area contributed by atoms with Crippen molar-refractivity contribution in [2.24, 2.45) is 0 Å². The fourth-order valence-electron chi connectivity index (χ4n) is 2.26. The number of hydrogen-bond acceptors (Lipinski definition) is 5. The summed E-state index contributed by atoms with van der Waals surface area (Å²) in [5.74, 6) is 0.923. The maximum absolute atomic E-state index is 12.1. The lowest BCUT2D eigenvalue weighted by Crippen LogP contribution is -2.38. The third-order valence-corrected chi connectivity index (χ3v) is 3.83. The van der Waals surface area contributed by atoms with Gasteiger partial charge in [-0.1, -0.05) is 23.7 Å². The molecule has 6 nitrogen and oxygen atoms in total. The van der Waals surface area contributed by atoms with Gasteiger partial charge in [0.1, 0.15) is 0 Å². The average molecular weight is 337 g/mol. The van der Waals surface area contributed by atoms with E-state index in [9.17, 15) is 4.79 Å². The van der Waals surface area contributed by atoms with Gasteiger partial charge >= 0.3 is 0 Å². The molecule has 0 aliphatic heterocycles. The molecule has 0 N–H and O–H groups in total. The van der Waals surface area contributed by atoms with Crippen LogP contribution in [0.2, 0.25) is 5.02 Å². The molecular formula is C16H21ClN4O2. The number of rotatable bonds is 7. The molecule has 0 saturated heterocycles. The fourth-order valence-corrected chi connectivity index (χ4v) is 2.47. The number of amides is 1. The molecule has 1 heterocycles. The zero-order valence-electron chi connectivity index (χ0n) is 13.6. The summed E-state index contributed by atoms with van der Waals surface area (Å²) in [6.07, 6.45) is 0. The highest BCUT2D eigenvalue weighted by atomic mass is 35.5. The van der Waals surface area contributed by atoms with Crippen molar-refractivity contribution in [2.75, 3.05) is 26.7 Å². The summed E-state index contributed by atoms with van der Waals surface area (Å²) in [6.45, 7) is 6.07. The normalized spacial score (nSPS) is 11.0. The van der Waals surface area contributed by atoms with E-state index in [1.165, 1.54) is 0 Å². The molecular weight excluding hydrogens is 316 g/mol. The van der Waals surface area contributed by atoms with Crippen LogP contribution in [0, 0.1) is 0 Å². The molecule has 23 heavy (non-hydrogen) atoms. The topological polar surface area (TPSA) is 62.5 Å². The smallest absolute Gasteiger partial charge is 0.249 e. The first kappa shape index (κ1) is 17.4. The van der Waals surface area contributed by atoms with Gasteiger partial charge in [-0.3, -0.25) is 9.69 Å². The summed E-state index contributed by atoms with van der Waals surface area (Å²) in [6, 6.07) is 7.30. The molecule has 1 aromatic heterocycles. The standard InChI is InChI=1S/C16H21ClN4O2/c1-4-21(5-2)15(22)11-20(3)10-14-18-19-16(23-14)12-8-6-7-9-13(12)17/h6-9H,4-5,10-11H2,1-3H3. The summed E-state index contributed by atoms with van der Waals surface area (Å²) in [5.41, 5.74) is 0.704. The van der Waals surface area contributed by atoms with Crippen molar-refractivity contribution >= 4 is 17.5 Å². The summed E-state index contributed by atoms with van der Waals surface area (Å²) in [5, 5.41) is 8.61. The van der Waals surface area contributed by atoms with Crippen LogP contribution in [0.15, 0.2) is 28.7 Å². The Morgan fingerprint density at radius 2 is 1.91 bits per heavy atom. The number of carbonyl (C=O) groups is 1. The van der Waals surface area contributed by atoms with E-state index in [0.717, 1.165) is 0 Å². The highest BCUT2D eigenvalue weighted by molar-refractivity contribution is 6.33. The zero-order chi connectivity index (χ0) is 16.8. The van der Waals surface area contributed by atoms with E-state index in [2.05, 4.69) is 10.2 Å². The lowest BCUT2D eigenvalue weighted by Gasteiger charge is -2.22. The van der Waals surface area contributed by atoms with E-state index in [4.69, 9.17) is 16.0 Å². The number of halogens is 1. The van der Waals surface area contributed by atoms with Crippen LogP contribution >= 0.6 is 11.6 Å². The maximum atomic E-state index is 12.1. The summed E-state index contributed by atoms with van der Waals surface area (Å²) >= 11 is 6.12. The van der Waals surface area contributed by atoms with Gasteiger partial charge in [-0.2, -0.15) is 0 Å². The number of aromatic nitrogens is 2. The van der Waals surface area contributed by atoms with E-state index >= 15 is 0 Å². The largest absolute Gasteiger partial charge is 0.419 e. The lowest BCUT2D eigenvalue weighted by atomic mass is 10.2. The predicted molar refractivity (Wildman–Crippen MR) is 89.0 cm³/mol. The molecule has 0 aliphatic rings. The van der Waals surface area contributed by atoms with Crippen molar-refractivity contribution in [1.29, 1.82) is 0 Å². The first-order valence-electron chi connectivity index (χ1n) is 7.58. The minimum absolute atomic E-state index is 0.0864. The van der Waals surface area contributed by atoms with Gasteiger partial charge in [0, 0.05) is 13.1 Å². The Balaban J connectivity index is 1.99. The Morgan fingerprint density at radius 3 is 2.57 bits per heavy atom. The number of hydrogen-bond donors (Lipinski definition) is 0. The Morgan fingerprint density at radius 1 is 1.22 bits per heavy atom. The second kappa shape index (κ2) is 8.08. The summed E-state index contributed by atoms with van der Waals surface area (Å²) in [4.78, 5) is 15.7. The van der Waals surface area contributed by atoms with Gasteiger partial charge in [0.25, 0.3) is 0 Å². The molecule has 0 radical (unpaired) electrons. The Kier molecular flexibility index (Phi) is 6.12. The van der Waals surface area contributed by atoms with Crippen molar-refractivity contribution in [2.45, 2.75) is 20.4 Å². The van der Waals surface area contributed by atoms with Crippen molar-refractivity contribution in [3.8, 4) is 11.5 Å².